The monoisotopic (exact) mass is 558 g/mol. The highest BCUT2D eigenvalue weighted by Crippen LogP contribution is 2.31. The van der Waals surface area contributed by atoms with Gasteiger partial charge in [-0.2, -0.15) is 5.21 Å². The summed E-state index contributed by atoms with van der Waals surface area (Å²) in [6, 6.07) is 26.8. The van der Waals surface area contributed by atoms with Gasteiger partial charge in [0.2, 0.25) is 5.82 Å². The maximum absolute atomic E-state index is 6.16. The molecule has 0 atom stereocenters. The average molecular weight is 559 g/mol. The topological polar surface area (TPSA) is 120 Å². The van der Waals surface area contributed by atoms with Crippen LogP contribution >= 0.6 is 0 Å². The molecule has 0 aliphatic heterocycles. The summed E-state index contributed by atoms with van der Waals surface area (Å²) in [7, 11) is 1.85. The number of anilines is 2. The summed E-state index contributed by atoms with van der Waals surface area (Å²) in [5, 5.41) is 17.7. The number of aryl methyl sites for hydroxylation is 2. The van der Waals surface area contributed by atoms with Crippen molar-refractivity contribution < 1.29 is 4.74 Å². The Balaban J connectivity index is 1.29. The Kier molecular flexibility index (Phi) is 7.55. The highest BCUT2D eigenvalue weighted by Gasteiger charge is 2.15. The quantitative estimate of drug-likeness (QED) is 0.167. The zero-order chi connectivity index (χ0) is 29.1. The highest BCUT2D eigenvalue weighted by molar-refractivity contribution is 5.81. The number of nitrogen functional groups attached to an aromatic ring is 1. The molecule has 0 radical (unpaired) electrons. The summed E-state index contributed by atoms with van der Waals surface area (Å²) < 4.78 is 8.50. The molecule has 6 aromatic rings. The molecule has 0 aliphatic rings. The molecule has 0 amide bonds. The summed E-state index contributed by atoms with van der Waals surface area (Å²) >= 11 is 0. The van der Waals surface area contributed by atoms with Gasteiger partial charge >= 0.3 is 0 Å². The lowest BCUT2D eigenvalue weighted by atomic mass is 9.98. The first-order chi connectivity index (χ1) is 20.5. The number of rotatable bonds is 10. The molecule has 2 heterocycles. The molecular weight excluding hydrogens is 524 g/mol. The van der Waals surface area contributed by atoms with Crippen LogP contribution in [0.15, 0.2) is 78.9 Å². The second kappa shape index (κ2) is 11.7. The number of nitrogens with two attached hydrogens (primary N) is 1. The Labute approximate surface area is 244 Å². The summed E-state index contributed by atoms with van der Waals surface area (Å²) in [4.78, 5) is 5.07. The predicted octanol–water partition coefficient (Wildman–Crippen LogP) is 6.40. The van der Waals surface area contributed by atoms with E-state index in [2.05, 4.69) is 86.8 Å². The fourth-order valence-electron chi connectivity index (χ4n) is 5.37. The van der Waals surface area contributed by atoms with E-state index in [9.17, 15) is 0 Å². The van der Waals surface area contributed by atoms with E-state index >= 15 is 0 Å². The number of tetrazole rings is 1. The lowest BCUT2D eigenvalue weighted by Crippen LogP contribution is -2.06. The molecule has 0 saturated heterocycles. The number of nitrogens with one attached hydrogen (secondary N) is 2. The van der Waals surface area contributed by atoms with Gasteiger partial charge < -0.3 is 20.4 Å². The molecule has 0 unspecified atom stereocenters. The number of fused-ring (bicyclic) bond motifs is 1. The van der Waals surface area contributed by atoms with Crippen molar-refractivity contribution >= 4 is 22.4 Å². The van der Waals surface area contributed by atoms with E-state index in [0.717, 1.165) is 75.5 Å². The van der Waals surface area contributed by atoms with Gasteiger partial charge in [-0.15, -0.1) is 10.2 Å². The van der Waals surface area contributed by atoms with Crippen LogP contribution < -0.4 is 15.8 Å². The fraction of sp³-hybridized carbons (Fsp3) is 0.212. The number of aromatic amines is 1. The van der Waals surface area contributed by atoms with E-state index in [4.69, 9.17) is 15.5 Å². The molecule has 0 fully saturated rings. The van der Waals surface area contributed by atoms with Crippen LogP contribution in [0.25, 0.3) is 33.5 Å². The summed E-state index contributed by atoms with van der Waals surface area (Å²) in [5.41, 5.74) is 16.3. The number of imidazole rings is 1. The third kappa shape index (κ3) is 5.41. The number of H-pyrrole nitrogens is 1. The van der Waals surface area contributed by atoms with Gasteiger partial charge in [0, 0.05) is 31.6 Å². The van der Waals surface area contributed by atoms with E-state index in [1.807, 2.05) is 43.4 Å². The van der Waals surface area contributed by atoms with Crippen LogP contribution in [0.5, 0.6) is 5.75 Å². The lowest BCUT2D eigenvalue weighted by Gasteiger charge is -2.13. The number of hydrogen-bond donors (Lipinski definition) is 3. The minimum absolute atomic E-state index is 0.451. The third-order valence-corrected chi connectivity index (χ3v) is 7.48. The molecule has 0 bridgehead atoms. The second-order valence-electron chi connectivity index (χ2n) is 10.4. The van der Waals surface area contributed by atoms with Crippen LogP contribution in [0, 0.1) is 6.92 Å². The lowest BCUT2D eigenvalue weighted by molar-refractivity contribution is 0.306. The van der Waals surface area contributed by atoms with Crippen molar-refractivity contribution in [2.45, 2.75) is 39.8 Å². The van der Waals surface area contributed by atoms with Gasteiger partial charge in [0.25, 0.3) is 0 Å². The highest BCUT2D eigenvalue weighted by atomic mass is 16.5. The zero-order valence-electron chi connectivity index (χ0n) is 24.1. The zero-order valence-corrected chi connectivity index (χ0v) is 24.1. The van der Waals surface area contributed by atoms with Gasteiger partial charge in [-0.25, -0.2) is 4.98 Å². The molecule has 2 aromatic heterocycles. The fourth-order valence-corrected chi connectivity index (χ4v) is 5.37. The molecule has 4 N–H and O–H groups in total. The smallest absolute Gasteiger partial charge is 0.205 e. The molecule has 4 aromatic carbocycles. The molecule has 0 saturated carbocycles. The van der Waals surface area contributed by atoms with Crippen molar-refractivity contribution in [3.8, 4) is 28.3 Å². The summed E-state index contributed by atoms with van der Waals surface area (Å²) in [6.45, 7) is 5.49. The third-order valence-electron chi connectivity index (χ3n) is 7.48. The number of benzene rings is 4. The van der Waals surface area contributed by atoms with Crippen molar-refractivity contribution in [3.63, 3.8) is 0 Å². The Morgan fingerprint density at radius 3 is 2.50 bits per heavy atom. The minimum atomic E-state index is 0.451. The van der Waals surface area contributed by atoms with Crippen LogP contribution in [-0.2, 0) is 19.6 Å². The molecule has 6 rings (SSSR count). The first-order valence-corrected chi connectivity index (χ1v) is 14.1. The average Bonchev–Trinajstić information content (AvgIpc) is 3.67. The van der Waals surface area contributed by atoms with Gasteiger partial charge in [-0.3, -0.25) is 0 Å². The molecular formula is C33H34N8O. The normalized spacial score (nSPS) is 11.2. The largest absolute Gasteiger partial charge is 0.489 e. The molecule has 212 valence electrons. The van der Waals surface area contributed by atoms with E-state index in [1.54, 1.807) is 0 Å². The Hall–Kier alpha value is -5.18. The molecule has 0 spiro atoms. The van der Waals surface area contributed by atoms with Crippen LogP contribution in [0.4, 0.5) is 11.4 Å². The van der Waals surface area contributed by atoms with Crippen LogP contribution in [-0.4, -0.2) is 37.2 Å². The van der Waals surface area contributed by atoms with Gasteiger partial charge in [0.15, 0.2) is 0 Å². The minimum Gasteiger partial charge on any atom is -0.489 e. The summed E-state index contributed by atoms with van der Waals surface area (Å²) in [6.07, 6.45) is 1.93. The molecule has 9 heteroatoms. The summed E-state index contributed by atoms with van der Waals surface area (Å²) in [5.74, 6) is 2.45. The Morgan fingerprint density at radius 1 is 0.952 bits per heavy atom. The first-order valence-electron chi connectivity index (χ1n) is 14.1. The Bertz CT molecular complexity index is 1820. The van der Waals surface area contributed by atoms with Gasteiger partial charge in [-0.1, -0.05) is 61.5 Å². The van der Waals surface area contributed by atoms with E-state index in [1.165, 1.54) is 5.56 Å². The van der Waals surface area contributed by atoms with E-state index < -0.39 is 0 Å². The molecule has 42 heavy (non-hydrogen) atoms. The van der Waals surface area contributed by atoms with Crippen LogP contribution in [0.2, 0.25) is 0 Å². The maximum atomic E-state index is 6.16. The predicted molar refractivity (Wildman–Crippen MR) is 167 cm³/mol. The first kappa shape index (κ1) is 27.0. The van der Waals surface area contributed by atoms with Gasteiger partial charge in [0.1, 0.15) is 18.2 Å². The van der Waals surface area contributed by atoms with Gasteiger partial charge in [0.05, 0.1) is 22.4 Å². The number of hydrogen-bond acceptors (Lipinski definition) is 7. The SMILES string of the molecule is CCCc1nc2c(C)cc(COc3ccc(N)c(NC)c3)cc2n1Cc1ccc(-c2ccccc2-c2nn[nH]n2)cc1. The molecule has 9 nitrogen and oxygen atoms in total. The standard InChI is InChI=1S/C33H34N8O/c1-4-7-31-36-32-21(2)16-23(20-42-25-14-15-28(34)29(18-25)35-3)17-30(32)41(31)19-22-10-12-24(13-11-22)26-8-5-6-9-27(26)33-37-39-40-38-33/h5-6,8-18,35H,4,7,19-20,34H2,1-3H3,(H,37,38,39,40). The number of aromatic nitrogens is 6. The Morgan fingerprint density at radius 2 is 1.76 bits per heavy atom. The number of nitrogens with zero attached hydrogens (tertiary/aromatic N) is 5. The van der Waals surface area contributed by atoms with Crippen LogP contribution in [0.1, 0.15) is 35.9 Å². The molecule has 0 aliphatic carbocycles. The van der Waals surface area contributed by atoms with Crippen molar-refractivity contribution in [1.82, 2.24) is 30.2 Å². The number of ether oxygens (including phenoxy) is 1. The van der Waals surface area contributed by atoms with Crippen molar-refractivity contribution in [3.05, 3.63) is 101 Å². The van der Waals surface area contributed by atoms with Gasteiger partial charge in [-0.05, 0) is 64.6 Å². The van der Waals surface area contributed by atoms with Crippen molar-refractivity contribution in [2.24, 2.45) is 0 Å². The maximum Gasteiger partial charge on any atom is 0.205 e. The van der Waals surface area contributed by atoms with Crippen molar-refractivity contribution in [1.29, 1.82) is 0 Å². The van der Waals surface area contributed by atoms with E-state index in [0.29, 0.717) is 18.1 Å². The second-order valence-corrected chi connectivity index (χ2v) is 10.4. The van der Waals surface area contributed by atoms with E-state index in [-0.39, 0.29) is 0 Å². The van der Waals surface area contributed by atoms with Crippen LogP contribution in [0.3, 0.4) is 0 Å². The van der Waals surface area contributed by atoms with Crippen molar-refractivity contribution in [2.75, 3.05) is 18.1 Å².